The van der Waals surface area contributed by atoms with E-state index < -0.39 is 0 Å². The van der Waals surface area contributed by atoms with Crippen LogP contribution in [-0.2, 0) is 13.1 Å². The van der Waals surface area contributed by atoms with Gasteiger partial charge in [-0.15, -0.1) is 21.5 Å². The first-order valence-electron chi connectivity index (χ1n) is 7.96. The Kier molecular flexibility index (Phi) is 6.99. The van der Waals surface area contributed by atoms with Crippen LogP contribution in [0.1, 0.15) is 35.3 Å². The van der Waals surface area contributed by atoms with Crippen LogP contribution in [0.5, 0.6) is 0 Å². The molecule has 0 aliphatic carbocycles. The van der Waals surface area contributed by atoms with E-state index in [2.05, 4.69) is 44.7 Å². The summed E-state index contributed by atoms with van der Waals surface area (Å²) in [6.07, 6.45) is 5.64. The molecule has 0 saturated heterocycles. The number of aromatic nitrogens is 4. The van der Waals surface area contributed by atoms with Crippen LogP contribution in [0.3, 0.4) is 0 Å². The van der Waals surface area contributed by atoms with Gasteiger partial charge in [0, 0.05) is 24.5 Å². The Labute approximate surface area is 141 Å². The molecule has 23 heavy (non-hydrogen) atoms. The van der Waals surface area contributed by atoms with Gasteiger partial charge in [-0.2, -0.15) is 0 Å². The molecular weight excluding hydrogens is 310 g/mol. The Bertz CT molecular complexity index is 584. The summed E-state index contributed by atoms with van der Waals surface area (Å²) in [4.78, 5) is 10.4. The number of rotatable bonds is 8. The molecule has 0 aliphatic rings. The topological polar surface area (TPSA) is 80.0 Å². The van der Waals surface area contributed by atoms with Crippen LogP contribution in [0.2, 0.25) is 0 Å². The van der Waals surface area contributed by atoms with E-state index in [9.17, 15) is 0 Å². The third-order valence-electron chi connectivity index (χ3n) is 3.39. The quantitative estimate of drug-likeness (QED) is 0.437. The number of aliphatic imine (C=N–C) groups is 1. The number of guanidine groups is 1. The van der Waals surface area contributed by atoms with Gasteiger partial charge in [0.2, 0.25) is 0 Å². The molecule has 2 aromatic rings. The Morgan fingerprint density at radius 1 is 1.22 bits per heavy atom. The standard InChI is InChI=1S/C15H25N7S/c1-4-16-15(18-9-14-21-12(2)13(3)23-14)17-7-5-6-8-22-10-19-20-11-22/h10-11H,4-9H2,1-3H3,(H2,16,17,18). The number of thiazole rings is 1. The smallest absolute Gasteiger partial charge is 0.191 e. The Morgan fingerprint density at radius 2 is 2.00 bits per heavy atom. The minimum atomic E-state index is 0.620. The van der Waals surface area contributed by atoms with E-state index >= 15 is 0 Å². The molecule has 0 saturated carbocycles. The second-order valence-electron chi connectivity index (χ2n) is 5.28. The lowest BCUT2D eigenvalue weighted by Crippen LogP contribution is -2.37. The molecule has 126 valence electrons. The fraction of sp³-hybridized carbons (Fsp3) is 0.600. The van der Waals surface area contributed by atoms with Crippen molar-refractivity contribution in [2.24, 2.45) is 4.99 Å². The highest BCUT2D eigenvalue weighted by atomic mass is 32.1. The maximum Gasteiger partial charge on any atom is 0.191 e. The van der Waals surface area contributed by atoms with E-state index in [0.717, 1.165) is 49.1 Å². The van der Waals surface area contributed by atoms with Crippen LogP contribution in [0.4, 0.5) is 0 Å². The first-order valence-corrected chi connectivity index (χ1v) is 8.78. The molecule has 0 fully saturated rings. The summed E-state index contributed by atoms with van der Waals surface area (Å²) in [6.45, 7) is 9.51. The third-order valence-corrected chi connectivity index (χ3v) is 4.45. The molecular formula is C15H25N7S. The highest BCUT2D eigenvalue weighted by Crippen LogP contribution is 2.16. The predicted molar refractivity (Wildman–Crippen MR) is 93.7 cm³/mol. The summed E-state index contributed by atoms with van der Waals surface area (Å²) < 4.78 is 1.99. The summed E-state index contributed by atoms with van der Waals surface area (Å²) in [6, 6.07) is 0. The minimum absolute atomic E-state index is 0.620. The van der Waals surface area contributed by atoms with Gasteiger partial charge in [-0.1, -0.05) is 0 Å². The van der Waals surface area contributed by atoms with Crippen molar-refractivity contribution >= 4 is 17.3 Å². The molecule has 7 nitrogen and oxygen atoms in total. The van der Waals surface area contributed by atoms with Gasteiger partial charge in [-0.25, -0.2) is 9.98 Å². The average molecular weight is 335 g/mol. The van der Waals surface area contributed by atoms with E-state index in [1.54, 1.807) is 24.0 Å². The molecule has 2 aromatic heterocycles. The first-order chi connectivity index (χ1) is 11.2. The van der Waals surface area contributed by atoms with Gasteiger partial charge in [0.15, 0.2) is 5.96 Å². The van der Waals surface area contributed by atoms with Crippen LogP contribution in [0, 0.1) is 13.8 Å². The summed E-state index contributed by atoms with van der Waals surface area (Å²) in [5, 5.41) is 15.3. The van der Waals surface area contributed by atoms with Crippen LogP contribution >= 0.6 is 11.3 Å². The van der Waals surface area contributed by atoms with E-state index in [0.29, 0.717) is 6.54 Å². The number of hydrogen-bond donors (Lipinski definition) is 2. The predicted octanol–water partition coefficient (Wildman–Crippen LogP) is 1.89. The molecule has 0 aliphatic heterocycles. The maximum atomic E-state index is 4.60. The van der Waals surface area contributed by atoms with Crippen molar-refractivity contribution in [1.29, 1.82) is 0 Å². The second kappa shape index (κ2) is 9.24. The van der Waals surface area contributed by atoms with Crippen molar-refractivity contribution in [3.63, 3.8) is 0 Å². The zero-order chi connectivity index (χ0) is 16.5. The zero-order valence-corrected chi connectivity index (χ0v) is 14.9. The van der Waals surface area contributed by atoms with E-state index in [-0.39, 0.29) is 0 Å². The van der Waals surface area contributed by atoms with Crippen molar-refractivity contribution < 1.29 is 0 Å². The van der Waals surface area contributed by atoms with Gasteiger partial charge in [0.25, 0.3) is 0 Å². The lowest BCUT2D eigenvalue weighted by Gasteiger charge is -2.10. The lowest BCUT2D eigenvalue weighted by atomic mass is 10.3. The number of unbranched alkanes of at least 4 members (excludes halogenated alkanes) is 1. The van der Waals surface area contributed by atoms with Crippen molar-refractivity contribution in [3.05, 3.63) is 28.2 Å². The van der Waals surface area contributed by atoms with Gasteiger partial charge in [-0.05, 0) is 33.6 Å². The van der Waals surface area contributed by atoms with Gasteiger partial charge >= 0.3 is 0 Å². The minimum Gasteiger partial charge on any atom is -0.357 e. The van der Waals surface area contributed by atoms with Crippen molar-refractivity contribution in [2.45, 2.75) is 46.7 Å². The molecule has 2 rings (SSSR count). The lowest BCUT2D eigenvalue weighted by molar-refractivity contribution is 0.598. The summed E-state index contributed by atoms with van der Waals surface area (Å²) in [7, 11) is 0. The number of nitrogens with zero attached hydrogens (tertiary/aromatic N) is 5. The molecule has 2 N–H and O–H groups in total. The van der Waals surface area contributed by atoms with Gasteiger partial charge in [-0.3, -0.25) is 0 Å². The normalized spacial score (nSPS) is 11.7. The molecule has 8 heteroatoms. The Hall–Kier alpha value is -1.96. The molecule has 0 atom stereocenters. The molecule has 0 spiro atoms. The zero-order valence-electron chi connectivity index (χ0n) is 14.0. The second-order valence-corrected chi connectivity index (χ2v) is 6.57. The first kappa shape index (κ1) is 17.4. The molecule has 0 amide bonds. The van der Waals surface area contributed by atoms with E-state index in [1.165, 1.54) is 4.88 Å². The monoisotopic (exact) mass is 335 g/mol. The molecule has 0 unspecified atom stereocenters. The number of hydrogen-bond acceptors (Lipinski definition) is 5. The molecule has 0 radical (unpaired) electrons. The van der Waals surface area contributed by atoms with Crippen LogP contribution in [0.25, 0.3) is 0 Å². The van der Waals surface area contributed by atoms with Crippen molar-refractivity contribution in [1.82, 2.24) is 30.4 Å². The van der Waals surface area contributed by atoms with E-state index in [1.807, 2.05) is 11.5 Å². The van der Waals surface area contributed by atoms with Crippen LogP contribution in [-0.4, -0.2) is 38.8 Å². The van der Waals surface area contributed by atoms with Crippen LogP contribution in [0.15, 0.2) is 17.6 Å². The van der Waals surface area contributed by atoms with Gasteiger partial charge in [0.05, 0.1) is 12.2 Å². The highest BCUT2D eigenvalue weighted by molar-refractivity contribution is 7.11. The van der Waals surface area contributed by atoms with Crippen molar-refractivity contribution in [2.75, 3.05) is 13.1 Å². The molecule has 0 aromatic carbocycles. The number of aryl methyl sites for hydroxylation is 3. The van der Waals surface area contributed by atoms with Gasteiger partial charge in [0.1, 0.15) is 17.7 Å². The Morgan fingerprint density at radius 3 is 2.65 bits per heavy atom. The van der Waals surface area contributed by atoms with Gasteiger partial charge < -0.3 is 15.2 Å². The maximum absolute atomic E-state index is 4.60. The Balaban J connectivity index is 1.72. The summed E-state index contributed by atoms with van der Waals surface area (Å²) >= 11 is 1.72. The average Bonchev–Trinajstić information content (AvgIpc) is 3.15. The van der Waals surface area contributed by atoms with Crippen LogP contribution < -0.4 is 10.6 Å². The largest absolute Gasteiger partial charge is 0.357 e. The summed E-state index contributed by atoms with van der Waals surface area (Å²) in [5.41, 5.74) is 1.10. The highest BCUT2D eigenvalue weighted by Gasteiger charge is 2.03. The summed E-state index contributed by atoms with van der Waals surface area (Å²) in [5.74, 6) is 0.849. The van der Waals surface area contributed by atoms with Crippen molar-refractivity contribution in [3.8, 4) is 0 Å². The fourth-order valence-electron chi connectivity index (χ4n) is 2.06. The molecule has 2 heterocycles. The van der Waals surface area contributed by atoms with E-state index in [4.69, 9.17) is 0 Å². The number of nitrogens with one attached hydrogen (secondary N) is 2. The fourth-order valence-corrected chi connectivity index (χ4v) is 2.92. The SMILES string of the molecule is CCNC(=NCc1nc(C)c(C)s1)NCCCCn1cnnc1. The third kappa shape index (κ3) is 5.97. The molecule has 0 bridgehead atoms.